The summed E-state index contributed by atoms with van der Waals surface area (Å²) in [6, 6.07) is 2.02. The third-order valence-electron chi connectivity index (χ3n) is 1.02. The van der Waals surface area contributed by atoms with Gasteiger partial charge in [0.15, 0.2) is 0 Å². The predicted molar refractivity (Wildman–Crippen MR) is 43.9 cm³/mol. The molecule has 0 aliphatic heterocycles. The third-order valence-corrected chi connectivity index (χ3v) is 1.02. The number of nitriles is 1. The summed E-state index contributed by atoms with van der Waals surface area (Å²) in [7, 11) is 1.88. The van der Waals surface area contributed by atoms with Crippen molar-refractivity contribution >= 4 is 0 Å². The zero-order valence-corrected chi connectivity index (χ0v) is 7.20. The first kappa shape index (κ1) is 9.70. The molecule has 0 aromatic carbocycles. The molecule has 1 aromatic rings. The van der Waals surface area contributed by atoms with Crippen molar-refractivity contribution in [1.82, 2.24) is 9.55 Å². The van der Waals surface area contributed by atoms with Gasteiger partial charge >= 0.3 is 0 Å². The van der Waals surface area contributed by atoms with Crippen molar-refractivity contribution in [2.45, 2.75) is 20.3 Å². The van der Waals surface area contributed by atoms with Crippen LogP contribution in [0.1, 0.15) is 19.5 Å². The van der Waals surface area contributed by atoms with E-state index in [0.29, 0.717) is 6.42 Å². The molecular formula is C8H13N3. The Hall–Kier alpha value is -1.30. The Morgan fingerprint density at radius 1 is 1.64 bits per heavy atom. The van der Waals surface area contributed by atoms with E-state index >= 15 is 0 Å². The van der Waals surface area contributed by atoms with Gasteiger partial charge in [-0.05, 0) is 0 Å². The lowest BCUT2D eigenvalue weighted by molar-refractivity contribution is 0.912. The first-order chi connectivity index (χ1) is 5.33. The summed E-state index contributed by atoms with van der Waals surface area (Å²) in [6.07, 6.45) is 3.93. The minimum absolute atomic E-state index is 0.404. The van der Waals surface area contributed by atoms with E-state index in [0.717, 1.165) is 5.69 Å². The molecule has 0 unspecified atom stereocenters. The number of aromatic nitrogens is 2. The van der Waals surface area contributed by atoms with Crippen molar-refractivity contribution in [1.29, 1.82) is 5.26 Å². The molecule has 0 atom stereocenters. The van der Waals surface area contributed by atoms with Crippen LogP contribution >= 0.6 is 0 Å². The van der Waals surface area contributed by atoms with E-state index in [9.17, 15) is 0 Å². The SMILES string of the molecule is CC.Cn1cnc(CC#N)c1. The second-order valence-corrected chi connectivity index (χ2v) is 1.87. The molecule has 1 rings (SSSR count). The van der Waals surface area contributed by atoms with Gasteiger partial charge in [0.25, 0.3) is 0 Å². The molecule has 11 heavy (non-hydrogen) atoms. The number of hydrogen-bond donors (Lipinski definition) is 0. The number of imidazole rings is 1. The number of aryl methyl sites for hydroxylation is 1. The van der Waals surface area contributed by atoms with E-state index in [2.05, 4.69) is 4.98 Å². The third kappa shape index (κ3) is 3.41. The summed E-state index contributed by atoms with van der Waals surface area (Å²) in [5.74, 6) is 0. The quantitative estimate of drug-likeness (QED) is 0.610. The molecule has 0 bridgehead atoms. The number of hydrogen-bond acceptors (Lipinski definition) is 2. The van der Waals surface area contributed by atoms with Gasteiger partial charge in [-0.1, -0.05) is 13.8 Å². The Morgan fingerprint density at radius 3 is 2.64 bits per heavy atom. The standard InChI is InChI=1S/C6H7N3.C2H6/c1-9-4-6(2-3-7)8-5-9;1-2/h4-5H,2H2,1H3;1-2H3. The van der Waals surface area contributed by atoms with Crippen molar-refractivity contribution in [2.75, 3.05) is 0 Å². The highest BCUT2D eigenvalue weighted by molar-refractivity contribution is 5.02. The van der Waals surface area contributed by atoms with Gasteiger partial charge in [-0.15, -0.1) is 0 Å². The molecule has 0 radical (unpaired) electrons. The van der Waals surface area contributed by atoms with E-state index in [-0.39, 0.29) is 0 Å². The van der Waals surface area contributed by atoms with Crippen LogP contribution in [0.5, 0.6) is 0 Å². The van der Waals surface area contributed by atoms with Crippen LogP contribution in [0.2, 0.25) is 0 Å². The van der Waals surface area contributed by atoms with Gasteiger partial charge in [0.1, 0.15) is 0 Å². The summed E-state index contributed by atoms with van der Waals surface area (Å²) in [4.78, 5) is 3.95. The molecule has 0 aliphatic rings. The smallest absolute Gasteiger partial charge is 0.0947 e. The van der Waals surface area contributed by atoms with E-state index in [1.54, 1.807) is 6.33 Å². The molecule has 3 heteroatoms. The summed E-state index contributed by atoms with van der Waals surface area (Å²) >= 11 is 0. The van der Waals surface area contributed by atoms with Crippen LogP contribution in [0.15, 0.2) is 12.5 Å². The maximum atomic E-state index is 8.23. The zero-order valence-electron chi connectivity index (χ0n) is 7.20. The average Bonchev–Trinajstić information content (AvgIpc) is 2.41. The zero-order chi connectivity index (χ0) is 8.69. The second kappa shape index (κ2) is 5.48. The minimum atomic E-state index is 0.404. The van der Waals surface area contributed by atoms with E-state index in [1.165, 1.54) is 0 Å². The normalized spacial score (nSPS) is 7.82. The highest BCUT2D eigenvalue weighted by Crippen LogP contribution is 1.92. The fourth-order valence-corrected chi connectivity index (χ4v) is 0.639. The second-order valence-electron chi connectivity index (χ2n) is 1.87. The fraction of sp³-hybridized carbons (Fsp3) is 0.500. The van der Waals surface area contributed by atoms with E-state index in [1.807, 2.05) is 37.7 Å². The van der Waals surface area contributed by atoms with Gasteiger partial charge in [-0.2, -0.15) is 5.26 Å². The average molecular weight is 151 g/mol. The van der Waals surface area contributed by atoms with Crippen molar-refractivity contribution in [3.63, 3.8) is 0 Å². The lowest BCUT2D eigenvalue weighted by atomic mass is 10.4. The Balaban J connectivity index is 0.000000461. The first-order valence-corrected chi connectivity index (χ1v) is 3.66. The highest BCUT2D eigenvalue weighted by atomic mass is 15.0. The molecule has 3 nitrogen and oxygen atoms in total. The van der Waals surface area contributed by atoms with Gasteiger partial charge in [-0.25, -0.2) is 4.98 Å². The predicted octanol–water partition coefficient (Wildman–Crippen LogP) is 1.51. The van der Waals surface area contributed by atoms with E-state index < -0.39 is 0 Å². The molecule has 0 N–H and O–H groups in total. The van der Waals surface area contributed by atoms with Gasteiger partial charge in [-0.3, -0.25) is 0 Å². The molecular weight excluding hydrogens is 138 g/mol. The minimum Gasteiger partial charge on any atom is -0.340 e. The van der Waals surface area contributed by atoms with Crippen molar-refractivity contribution in [3.8, 4) is 6.07 Å². The Bertz CT molecular complexity index is 232. The molecule has 0 amide bonds. The number of nitrogens with zero attached hydrogens (tertiary/aromatic N) is 3. The monoisotopic (exact) mass is 151 g/mol. The lowest BCUT2D eigenvalue weighted by Gasteiger charge is -1.80. The van der Waals surface area contributed by atoms with Crippen LogP contribution in [0.4, 0.5) is 0 Å². The molecule has 0 spiro atoms. The molecule has 0 fully saturated rings. The van der Waals surface area contributed by atoms with E-state index in [4.69, 9.17) is 5.26 Å². The van der Waals surface area contributed by atoms with Crippen LogP contribution in [0, 0.1) is 11.3 Å². The molecule has 60 valence electrons. The summed E-state index contributed by atoms with van der Waals surface area (Å²) in [5, 5.41) is 8.23. The largest absolute Gasteiger partial charge is 0.340 e. The summed E-state index contributed by atoms with van der Waals surface area (Å²) in [6.45, 7) is 4.00. The molecule has 0 saturated carbocycles. The number of rotatable bonds is 1. The topological polar surface area (TPSA) is 41.6 Å². The van der Waals surface area contributed by atoms with Gasteiger partial charge in [0.2, 0.25) is 0 Å². The Morgan fingerprint density at radius 2 is 2.27 bits per heavy atom. The van der Waals surface area contributed by atoms with Crippen LogP contribution in [0.3, 0.4) is 0 Å². The Kier molecular flexibility index (Phi) is 4.83. The van der Waals surface area contributed by atoms with Crippen molar-refractivity contribution in [2.24, 2.45) is 7.05 Å². The van der Waals surface area contributed by atoms with Crippen LogP contribution < -0.4 is 0 Å². The van der Waals surface area contributed by atoms with Crippen molar-refractivity contribution in [3.05, 3.63) is 18.2 Å². The van der Waals surface area contributed by atoms with Gasteiger partial charge < -0.3 is 4.57 Å². The van der Waals surface area contributed by atoms with Crippen LogP contribution in [-0.2, 0) is 13.5 Å². The maximum absolute atomic E-state index is 8.23. The summed E-state index contributed by atoms with van der Waals surface area (Å²) < 4.78 is 1.83. The molecule has 0 saturated heterocycles. The van der Waals surface area contributed by atoms with Crippen LogP contribution in [-0.4, -0.2) is 9.55 Å². The highest BCUT2D eigenvalue weighted by Gasteiger charge is 1.91. The van der Waals surface area contributed by atoms with Crippen LogP contribution in [0.25, 0.3) is 0 Å². The molecule has 1 aromatic heterocycles. The molecule has 0 aliphatic carbocycles. The maximum Gasteiger partial charge on any atom is 0.0947 e. The molecule has 1 heterocycles. The first-order valence-electron chi connectivity index (χ1n) is 3.66. The van der Waals surface area contributed by atoms with Crippen molar-refractivity contribution < 1.29 is 0 Å². The Labute approximate surface area is 67.3 Å². The summed E-state index contributed by atoms with van der Waals surface area (Å²) in [5.41, 5.74) is 0.833. The van der Waals surface area contributed by atoms with Gasteiger partial charge in [0, 0.05) is 13.2 Å². The fourth-order valence-electron chi connectivity index (χ4n) is 0.639. The lowest BCUT2D eigenvalue weighted by Crippen LogP contribution is -1.79. The van der Waals surface area contributed by atoms with Gasteiger partial charge in [0.05, 0.1) is 24.5 Å².